The highest BCUT2D eigenvalue weighted by Crippen LogP contribution is 2.27. The van der Waals surface area contributed by atoms with Crippen LogP contribution >= 0.6 is 15.9 Å². The van der Waals surface area contributed by atoms with Crippen molar-refractivity contribution in [3.8, 4) is 11.4 Å². The van der Waals surface area contributed by atoms with Crippen LogP contribution in [0.2, 0.25) is 0 Å². The lowest BCUT2D eigenvalue weighted by Gasteiger charge is -1.99. The van der Waals surface area contributed by atoms with Gasteiger partial charge in [-0.25, -0.2) is 9.37 Å². The van der Waals surface area contributed by atoms with E-state index < -0.39 is 0 Å². The van der Waals surface area contributed by atoms with Crippen molar-refractivity contribution in [2.45, 2.75) is 13.8 Å². The number of nitrogens with one attached hydrogen (secondary N) is 1. The van der Waals surface area contributed by atoms with E-state index in [1.807, 2.05) is 19.9 Å². The number of aromatic amines is 1. The molecule has 0 bridgehead atoms. The van der Waals surface area contributed by atoms with Crippen LogP contribution in [-0.4, -0.2) is 9.97 Å². The number of fused-ring (bicyclic) bond motifs is 1. The van der Waals surface area contributed by atoms with Gasteiger partial charge in [-0.15, -0.1) is 0 Å². The molecule has 1 heterocycles. The van der Waals surface area contributed by atoms with Crippen LogP contribution in [0.4, 0.5) is 4.39 Å². The second-order valence-electron chi connectivity index (χ2n) is 4.69. The summed E-state index contributed by atoms with van der Waals surface area (Å²) in [6.45, 7) is 4.05. The molecular weight excluding hydrogens is 307 g/mol. The monoisotopic (exact) mass is 318 g/mol. The number of halogens is 2. The van der Waals surface area contributed by atoms with Crippen LogP contribution in [0.5, 0.6) is 0 Å². The van der Waals surface area contributed by atoms with Crippen LogP contribution in [0.15, 0.2) is 34.8 Å². The Hall–Kier alpha value is -1.68. The molecule has 0 radical (unpaired) electrons. The first-order valence-electron chi connectivity index (χ1n) is 5.97. The summed E-state index contributed by atoms with van der Waals surface area (Å²) in [6.07, 6.45) is 0. The van der Waals surface area contributed by atoms with Gasteiger partial charge < -0.3 is 4.98 Å². The van der Waals surface area contributed by atoms with Crippen LogP contribution in [0.25, 0.3) is 22.4 Å². The Kier molecular flexibility index (Phi) is 2.90. The molecule has 0 atom stereocenters. The van der Waals surface area contributed by atoms with Crippen molar-refractivity contribution in [2.24, 2.45) is 0 Å². The molecule has 2 nitrogen and oxygen atoms in total. The molecule has 0 fully saturated rings. The van der Waals surface area contributed by atoms with E-state index in [2.05, 4.69) is 32.0 Å². The standard InChI is InChI=1S/C15H12BrFN2/c1-8-5-9(2)14-13(6-8)18-15(19-14)11-7-10(16)3-4-12(11)17/h3-7H,1-2H3,(H,18,19). The Morgan fingerprint density at radius 2 is 1.95 bits per heavy atom. The molecule has 1 aromatic heterocycles. The normalized spacial score (nSPS) is 11.2. The summed E-state index contributed by atoms with van der Waals surface area (Å²) in [5.74, 6) is 0.277. The minimum Gasteiger partial charge on any atom is -0.338 e. The molecule has 0 saturated carbocycles. The van der Waals surface area contributed by atoms with Crippen molar-refractivity contribution in [3.63, 3.8) is 0 Å². The zero-order chi connectivity index (χ0) is 13.6. The summed E-state index contributed by atoms with van der Waals surface area (Å²) >= 11 is 3.36. The summed E-state index contributed by atoms with van der Waals surface area (Å²) in [4.78, 5) is 7.70. The van der Waals surface area contributed by atoms with Gasteiger partial charge in [0, 0.05) is 4.47 Å². The zero-order valence-corrected chi connectivity index (χ0v) is 12.2. The van der Waals surface area contributed by atoms with Crippen LogP contribution in [0.3, 0.4) is 0 Å². The Labute approximate surface area is 118 Å². The third kappa shape index (κ3) is 2.16. The first kappa shape index (κ1) is 12.4. The Balaban J connectivity index is 2.26. The Morgan fingerprint density at radius 1 is 1.16 bits per heavy atom. The predicted molar refractivity (Wildman–Crippen MR) is 78.7 cm³/mol. The van der Waals surface area contributed by atoms with Gasteiger partial charge in [-0.1, -0.05) is 22.0 Å². The Morgan fingerprint density at radius 3 is 2.74 bits per heavy atom. The molecule has 0 saturated heterocycles. The Bertz CT molecular complexity index is 777. The van der Waals surface area contributed by atoms with Crippen LogP contribution < -0.4 is 0 Å². The molecule has 2 aromatic carbocycles. The van der Waals surface area contributed by atoms with Gasteiger partial charge in [0.2, 0.25) is 0 Å². The second-order valence-corrected chi connectivity index (χ2v) is 5.60. The summed E-state index contributed by atoms with van der Waals surface area (Å²) in [5.41, 5.74) is 4.55. The maximum Gasteiger partial charge on any atom is 0.141 e. The van der Waals surface area contributed by atoms with E-state index in [1.54, 1.807) is 12.1 Å². The molecule has 0 aliphatic heterocycles. The van der Waals surface area contributed by atoms with Gasteiger partial charge in [0.25, 0.3) is 0 Å². The van der Waals surface area contributed by atoms with Gasteiger partial charge in [0.05, 0.1) is 16.6 Å². The summed E-state index contributed by atoms with van der Waals surface area (Å²) in [5, 5.41) is 0. The smallest absolute Gasteiger partial charge is 0.141 e. The van der Waals surface area contributed by atoms with Crippen LogP contribution in [0, 0.1) is 19.7 Å². The largest absolute Gasteiger partial charge is 0.338 e. The van der Waals surface area contributed by atoms with Crippen molar-refractivity contribution >= 4 is 27.0 Å². The molecule has 1 N–H and O–H groups in total. The van der Waals surface area contributed by atoms with Gasteiger partial charge in [-0.2, -0.15) is 0 Å². The number of hydrogen-bond donors (Lipinski definition) is 1. The molecule has 3 aromatic rings. The predicted octanol–water partition coefficient (Wildman–Crippen LogP) is 4.75. The fourth-order valence-corrected chi connectivity index (χ4v) is 2.64. The number of imidazole rings is 1. The zero-order valence-electron chi connectivity index (χ0n) is 10.6. The number of benzene rings is 2. The first-order chi connectivity index (χ1) is 9.04. The average Bonchev–Trinajstić information content (AvgIpc) is 2.76. The SMILES string of the molecule is Cc1cc(C)c2nc(-c3cc(Br)ccc3F)[nH]c2c1. The first-order valence-corrected chi connectivity index (χ1v) is 6.76. The van der Waals surface area contributed by atoms with E-state index in [0.29, 0.717) is 11.4 Å². The van der Waals surface area contributed by atoms with Gasteiger partial charge in [0.1, 0.15) is 11.6 Å². The van der Waals surface area contributed by atoms with E-state index in [9.17, 15) is 4.39 Å². The van der Waals surface area contributed by atoms with E-state index in [0.717, 1.165) is 26.6 Å². The van der Waals surface area contributed by atoms with E-state index in [-0.39, 0.29) is 5.82 Å². The molecule has 4 heteroatoms. The van der Waals surface area contributed by atoms with Gasteiger partial charge in [-0.3, -0.25) is 0 Å². The number of H-pyrrole nitrogens is 1. The third-order valence-corrected chi connectivity index (χ3v) is 3.60. The average molecular weight is 319 g/mol. The van der Waals surface area contributed by atoms with Gasteiger partial charge in [-0.05, 0) is 49.2 Å². The lowest BCUT2D eigenvalue weighted by atomic mass is 10.1. The highest BCUT2D eigenvalue weighted by Gasteiger charge is 2.12. The maximum atomic E-state index is 13.9. The maximum absolute atomic E-state index is 13.9. The quantitative estimate of drug-likeness (QED) is 0.689. The highest BCUT2D eigenvalue weighted by molar-refractivity contribution is 9.10. The number of aryl methyl sites for hydroxylation is 2. The van der Waals surface area contributed by atoms with E-state index in [4.69, 9.17) is 0 Å². The third-order valence-electron chi connectivity index (χ3n) is 3.11. The molecule has 0 spiro atoms. The molecule has 0 amide bonds. The fraction of sp³-hybridized carbons (Fsp3) is 0.133. The molecule has 0 aliphatic rings. The van der Waals surface area contributed by atoms with Crippen molar-refractivity contribution < 1.29 is 4.39 Å². The molecule has 3 rings (SSSR count). The van der Waals surface area contributed by atoms with Gasteiger partial charge in [0.15, 0.2) is 0 Å². The van der Waals surface area contributed by atoms with Crippen molar-refractivity contribution in [3.05, 3.63) is 51.7 Å². The lowest BCUT2D eigenvalue weighted by molar-refractivity contribution is 0.630. The van der Waals surface area contributed by atoms with Crippen molar-refractivity contribution in [2.75, 3.05) is 0 Å². The van der Waals surface area contributed by atoms with Crippen LogP contribution in [0.1, 0.15) is 11.1 Å². The minimum absolute atomic E-state index is 0.281. The second kappa shape index (κ2) is 4.46. The highest BCUT2D eigenvalue weighted by atomic mass is 79.9. The number of nitrogens with zero attached hydrogens (tertiary/aromatic N) is 1. The van der Waals surface area contributed by atoms with E-state index >= 15 is 0 Å². The lowest BCUT2D eigenvalue weighted by Crippen LogP contribution is -1.86. The molecule has 0 aliphatic carbocycles. The molecule has 0 unspecified atom stereocenters. The van der Waals surface area contributed by atoms with E-state index in [1.165, 1.54) is 6.07 Å². The van der Waals surface area contributed by atoms with Crippen molar-refractivity contribution in [1.82, 2.24) is 9.97 Å². The number of aromatic nitrogens is 2. The fourth-order valence-electron chi connectivity index (χ4n) is 2.28. The number of hydrogen-bond acceptors (Lipinski definition) is 1. The molecular formula is C15H12BrFN2. The minimum atomic E-state index is -0.281. The molecule has 19 heavy (non-hydrogen) atoms. The molecule has 96 valence electrons. The topological polar surface area (TPSA) is 28.7 Å². The van der Waals surface area contributed by atoms with Gasteiger partial charge >= 0.3 is 0 Å². The summed E-state index contributed by atoms with van der Waals surface area (Å²) in [7, 11) is 0. The van der Waals surface area contributed by atoms with Crippen LogP contribution in [-0.2, 0) is 0 Å². The van der Waals surface area contributed by atoms with Crippen molar-refractivity contribution in [1.29, 1.82) is 0 Å². The summed E-state index contributed by atoms with van der Waals surface area (Å²) in [6, 6.07) is 8.94. The summed E-state index contributed by atoms with van der Waals surface area (Å²) < 4.78 is 14.7. The number of rotatable bonds is 1.